The van der Waals surface area contributed by atoms with Crippen LogP contribution in [0.1, 0.15) is 0 Å². The summed E-state index contributed by atoms with van der Waals surface area (Å²) in [5, 5.41) is 116. The highest BCUT2D eigenvalue weighted by atomic mass is 16.7. The van der Waals surface area contributed by atoms with E-state index in [1.165, 1.54) is 0 Å². The van der Waals surface area contributed by atoms with E-state index in [2.05, 4.69) is 0 Å². The first-order chi connectivity index (χ1) is 16.3. The van der Waals surface area contributed by atoms with E-state index in [9.17, 15) is 61.0 Å². The molecule has 0 spiro atoms. The van der Waals surface area contributed by atoms with E-state index in [0.717, 1.165) is 0 Å². The Morgan fingerprint density at radius 1 is 0.771 bits per heavy atom. The van der Waals surface area contributed by atoms with Crippen molar-refractivity contribution in [2.45, 2.75) is 85.8 Å². The summed E-state index contributed by atoms with van der Waals surface area (Å²) in [5.74, 6) is -1.55. The van der Waals surface area contributed by atoms with Crippen molar-refractivity contribution in [3.63, 3.8) is 0 Å². The fourth-order valence-corrected chi connectivity index (χ4v) is 3.47. The molecule has 35 heavy (non-hydrogen) atoms. The Kier molecular flexibility index (Phi) is 11.1. The predicted molar refractivity (Wildman–Crippen MR) is 104 cm³/mol. The second-order valence-corrected chi connectivity index (χ2v) is 8.15. The number of rotatable bonds is 10. The van der Waals surface area contributed by atoms with Crippen molar-refractivity contribution in [3.8, 4) is 0 Å². The second-order valence-electron chi connectivity index (χ2n) is 8.15. The lowest BCUT2D eigenvalue weighted by atomic mass is 9.97. The summed E-state index contributed by atoms with van der Waals surface area (Å²) in [6, 6.07) is 0. The molecule has 12 N–H and O–H groups in total. The van der Waals surface area contributed by atoms with Crippen LogP contribution in [0.15, 0.2) is 0 Å². The number of carbonyl (C=O) groups is 1. The molecule has 0 amide bonds. The highest BCUT2D eigenvalue weighted by molar-refractivity contribution is 5.75. The molecule has 0 aromatic heterocycles. The van der Waals surface area contributed by atoms with Crippen molar-refractivity contribution in [1.82, 2.24) is 0 Å². The van der Waals surface area contributed by atoms with Gasteiger partial charge < -0.3 is 80.2 Å². The lowest BCUT2D eigenvalue weighted by Gasteiger charge is -2.45. The van der Waals surface area contributed by atoms with E-state index < -0.39 is 112 Å². The van der Waals surface area contributed by atoms with Gasteiger partial charge in [-0.3, -0.25) is 0 Å². The molecule has 0 aliphatic carbocycles. The first kappa shape index (κ1) is 30.1. The lowest BCUT2D eigenvalue weighted by molar-refractivity contribution is -0.355. The van der Waals surface area contributed by atoms with E-state index in [1.807, 2.05) is 0 Å². The Morgan fingerprint density at radius 2 is 1.40 bits per heavy atom. The Hall–Kier alpha value is -1.13. The van der Waals surface area contributed by atoms with Gasteiger partial charge in [0.05, 0.1) is 13.2 Å². The standard InChI is InChI=1S/C18H32O17/c19-1-4(21)7(22)9(24)12(27)16(30)32-3-6-8(23)10(25)14(29)18(34-6)35-15-5(2-20)33-17(31)13(28)11(15)26/h4-15,17-29,31H,1-3H2/t4-,5-,6-,7-,8-,9+,10+,11-,12-,13-,14-,15-,17-,18+/m1/s1. The van der Waals surface area contributed by atoms with Crippen LogP contribution in [0.2, 0.25) is 0 Å². The molecule has 14 atom stereocenters. The number of ether oxygens (including phenoxy) is 4. The van der Waals surface area contributed by atoms with Crippen LogP contribution in [-0.2, 0) is 23.7 Å². The van der Waals surface area contributed by atoms with Crippen molar-refractivity contribution < 1.29 is 85.0 Å². The van der Waals surface area contributed by atoms with Gasteiger partial charge in [-0.15, -0.1) is 0 Å². The van der Waals surface area contributed by atoms with Crippen molar-refractivity contribution >= 4 is 5.97 Å². The molecule has 0 unspecified atom stereocenters. The van der Waals surface area contributed by atoms with E-state index in [0.29, 0.717) is 0 Å². The van der Waals surface area contributed by atoms with E-state index in [1.54, 1.807) is 0 Å². The fraction of sp³-hybridized carbons (Fsp3) is 0.944. The zero-order valence-electron chi connectivity index (χ0n) is 18.1. The van der Waals surface area contributed by atoms with Crippen LogP contribution in [0.4, 0.5) is 0 Å². The third-order valence-corrected chi connectivity index (χ3v) is 5.69. The minimum atomic E-state index is -2.40. The lowest BCUT2D eigenvalue weighted by Crippen LogP contribution is -2.64. The maximum absolute atomic E-state index is 12.0. The first-order valence-electron chi connectivity index (χ1n) is 10.5. The molecule has 17 heteroatoms. The normalized spacial score (nSPS) is 41.6. The van der Waals surface area contributed by atoms with Gasteiger partial charge >= 0.3 is 5.97 Å². The Balaban J connectivity index is 2.04. The summed E-state index contributed by atoms with van der Waals surface area (Å²) in [5.41, 5.74) is 0. The van der Waals surface area contributed by atoms with Gasteiger partial charge in [0.1, 0.15) is 73.8 Å². The Labute approximate surface area is 197 Å². The molecular weight excluding hydrogens is 488 g/mol. The molecule has 0 aromatic rings. The maximum atomic E-state index is 12.0. The van der Waals surface area contributed by atoms with Gasteiger partial charge in [0.15, 0.2) is 18.7 Å². The number of hydrogen-bond acceptors (Lipinski definition) is 17. The van der Waals surface area contributed by atoms with E-state index >= 15 is 0 Å². The van der Waals surface area contributed by atoms with Crippen LogP contribution in [-0.4, -0.2) is 173 Å². The molecule has 17 nitrogen and oxygen atoms in total. The van der Waals surface area contributed by atoms with Gasteiger partial charge in [0, 0.05) is 0 Å². The highest BCUT2D eigenvalue weighted by Crippen LogP contribution is 2.28. The number of carbonyl (C=O) groups excluding carboxylic acids is 1. The Bertz CT molecular complexity index is 665. The van der Waals surface area contributed by atoms with Gasteiger partial charge in [0.25, 0.3) is 0 Å². The summed E-state index contributed by atoms with van der Waals surface area (Å²) in [7, 11) is 0. The molecule has 206 valence electrons. The largest absolute Gasteiger partial charge is 0.461 e. The predicted octanol–water partition coefficient (Wildman–Crippen LogP) is -8.41. The number of hydrogen-bond donors (Lipinski definition) is 12. The summed E-state index contributed by atoms with van der Waals surface area (Å²) in [6.45, 7) is -2.70. The minimum Gasteiger partial charge on any atom is -0.461 e. The number of aliphatic hydroxyl groups excluding tert-OH is 12. The molecule has 2 fully saturated rings. The highest BCUT2D eigenvalue weighted by Gasteiger charge is 2.50. The van der Waals surface area contributed by atoms with Crippen molar-refractivity contribution in [3.05, 3.63) is 0 Å². The Morgan fingerprint density at radius 3 is 1.97 bits per heavy atom. The van der Waals surface area contributed by atoms with Crippen LogP contribution < -0.4 is 0 Å². The number of esters is 1. The van der Waals surface area contributed by atoms with Crippen molar-refractivity contribution in [2.75, 3.05) is 19.8 Å². The fourth-order valence-electron chi connectivity index (χ4n) is 3.47. The molecule has 2 saturated heterocycles. The summed E-state index contributed by atoms with van der Waals surface area (Å²) < 4.78 is 20.2. The van der Waals surface area contributed by atoms with Gasteiger partial charge in [-0.2, -0.15) is 0 Å². The maximum Gasteiger partial charge on any atom is 0.337 e. The van der Waals surface area contributed by atoms with Crippen LogP contribution in [0, 0.1) is 0 Å². The minimum absolute atomic E-state index is 0.808. The molecule has 2 heterocycles. The SMILES string of the molecule is O=C(OC[C@H]1O[C@@H](O[C@H]2[C@H](O)[C@@H](O)[C@H](O)O[C@@H]2CO)[C@H](O)[C@@H](O)[C@@H]1O)[C@H](O)[C@@H](O)[C@H](O)[C@H](O)CO. The summed E-state index contributed by atoms with van der Waals surface area (Å²) in [6.07, 6.45) is -26.5. The van der Waals surface area contributed by atoms with Gasteiger partial charge in [-0.1, -0.05) is 0 Å². The van der Waals surface area contributed by atoms with Crippen LogP contribution >= 0.6 is 0 Å². The van der Waals surface area contributed by atoms with Crippen LogP contribution in [0.3, 0.4) is 0 Å². The monoisotopic (exact) mass is 520 g/mol. The van der Waals surface area contributed by atoms with Crippen molar-refractivity contribution in [2.24, 2.45) is 0 Å². The molecule has 0 radical (unpaired) electrons. The van der Waals surface area contributed by atoms with Crippen LogP contribution in [0.5, 0.6) is 0 Å². The zero-order valence-corrected chi connectivity index (χ0v) is 18.1. The average molecular weight is 520 g/mol. The summed E-state index contributed by atoms with van der Waals surface area (Å²) >= 11 is 0. The van der Waals surface area contributed by atoms with Gasteiger partial charge in [-0.05, 0) is 0 Å². The molecule has 2 aliphatic rings. The van der Waals surface area contributed by atoms with Gasteiger partial charge in [-0.25, -0.2) is 4.79 Å². The third kappa shape index (κ3) is 6.80. The smallest absolute Gasteiger partial charge is 0.337 e. The molecule has 0 saturated carbocycles. The number of aliphatic hydroxyl groups is 12. The molecule has 0 aromatic carbocycles. The quantitative estimate of drug-likeness (QED) is 0.119. The van der Waals surface area contributed by atoms with Crippen LogP contribution in [0.25, 0.3) is 0 Å². The van der Waals surface area contributed by atoms with Crippen molar-refractivity contribution in [1.29, 1.82) is 0 Å². The topological polar surface area (TPSA) is 297 Å². The average Bonchev–Trinajstić information content (AvgIpc) is 2.85. The summed E-state index contributed by atoms with van der Waals surface area (Å²) in [4.78, 5) is 12.0. The second kappa shape index (κ2) is 12.9. The van der Waals surface area contributed by atoms with E-state index in [-0.39, 0.29) is 0 Å². The zero-order chi connectivity index (χ0) is 26.6. The molecule has 0 bridgehead atoms. The molecular formula is C18H32O17. The third-order valence-electron chi connectivity index (χ3n) is 5.69. The van der Waals surface area contributed by atoms with Gasteiger partial charge in [0.2, 0.25) is 0 Å². The molecule has 2 aliphatic heterocycles. The van der Waals surface area contributed by atoms with E-state index in [4.69, 9.17) is 24.1 Å². The first-order valence-corrected chi connectivity index (χ1v) is 10.5. The molecule has 2 rings (SSSR count).